The van der Waals surface area contributed by atoms with Gasteiger partial charge < -0.3 is 0 Å². The van der Waals surface area contributed by atoms with Crippen molar-refractivity contribution in [1.29, 1.82) is 0 Å². The summed E-state index contributed by atoms with van der Waals surface area (Å²) in [7, 11) is 0. The molecule has 0 aromatic carbocycles. The molecule has 0 aromatic heterocycles. The van der Waals surface area contributed by atoms with Gasteiger partial charge in [0.05, 0.1) is 0 Å². The van der Waals surface area contributed by atoms with Crippen molar-refractivity contribution >= 4 is 0 Å². The van der Waals surface area contributed by atoms with Gasteiger partial charge in [-0.2, -0.15) is 0 Å². The highest BCUT2D eigenvalue weighted by Crippen LogP contribution is 2.61. The molecule has 0 radical (unpaired) electrons. The van der Waals surface area contributed by atoms with E-state index in [-0.39, 0.29) is 0 Å². The molecule has 1 fully saturated rings. The summed E-state index contributed by atoms with van der Waals surface area (Å²) in [5.74, 6) is 1.81. The van der Waals surface area contributed by atoms with E-state index < -0.39 is 0 Å². The molecular weight excluding hydrogens is 168 g/mol. The lowest BCUT2D eigenvalue weighted by Crippen LogP contribution is -1.89. The van der Waals surface area contributed by atoms with Gasteiger partial charge in [0.1, 0.15) is 0 Å². The Morgan fingerprint density at radius 3 is 2.71 bits per heavy atom. The molecule has 0 spiro atoms. The fraction of sp³-hybridized carbons (Fsp3) is 0.714. The molecule has 0 nitrogen and oxygen atoms in total. The van der Waals surface area contributed by atoms with Crippen molar-refractivity contribution in [2.45, 2.75) is 46.5 Å². The summed E-state index contributed by atoms with van der Waals surface area (Å²) in [6, 6.07) is 0. The quantitative estimate of drug-likeness (QED) is 0.499. The molecule has 2 rings (SSSR count). The van der Waals surface area contributed by atoms with Crippen LogP contribution in [0.15, 0.2) is 23.8 Å². The van der Waals surface area contributed by atoms with Gasteiger partial charge in [-0.25, -0.2) is 0 Å². The second kappa shape index (κ2) is 3.56. The average molecular weight is 190 g/mol. The molecule has 2 aliphatic carbocycles. The predicted molar refractivity (Wildman–Crippen MR) is 62.1 cm³/mol. The number of rotatable bonds is 0. The monoisotopic (exact) mass is 190 g/mol. The van der Waals surface area contributed by atoms with E-state index in [2.05, 4.69) is 39.0 Å². The van der Waals surface area contributed by atoms with E-state index in [9.17, 15) is 0 Å². The van der Waals surface area contributed by atoms with Crippen LogP contribution < -0.4 is 0 Å². The normalized spacial score (nSPS) is 41.8. The van der Waals surface area contributed by atoms with Crippen LogP contribution in [-0.2, 0) is 0 Å². The van der Waals surface area contributed by atoms with Gasteiger partial charge in [-0.1, -0.05) is 37.6 Å². The van der Waals surface area contributed by atoms with Gasteiger partial charge >= 0.3 is 0 Å². The van der Waals surface area contributed by atoms with E-state index in [1.165, 1.54) is 25.7 Å². The van der Waals surface area contributed by atoms with Gasteiger partial charge in [0.15, 0.2) is 0 Å². The molecule has 0 heterocycles. The molecular formula is C14H22. The van der Waals surface area contributed by atoms with Crippen LogP contribution in [-0.4, -0.2) is 0 Å². The van der Waals surface area contributed by atoms with E-state index in [1.807, 2.05) is 0 Å². The Bertz CT molecular complexity index is 268. The maximum atomic E-state index is 2.55. The van der Waals surface area contributed by atoms with E-state index in [1.54, 1.807) is 5.57 Å². The second-order valence-electron chi connectivity index (χ2n) is 5.55. The third-order valence-corrected chi connectivity index (χ3v) is 4.12. The minimum atomic E-state index is 0.583. The van der Waals surface area contributed by atoms with Gasteiger partial charge in [0, 0.05) is 0 Å². The van der Waals surface area contributed by atoms with E-state index in [0.717, 1.165) is 11.8 Å². The standard InChI is InChI=1S/C14H22/c1-11-8-6-4-5-7-9-12-13(10-11)14(12,2)3/h4-5,10,12-13H,6-9H2,1-3H3/b5-4+,11-10+/t12-,13-/m1/s1. The molecule has 0 unspecified atom stereocenters. The Hall–Kier alpha value is -0.520. The zero-order valence-electron chi connectivity index (χ0n) is 9.72. The average Bonchev–Trinajstić information content (AvgIpc) is 2.63. The highest BCUT2D eigenvalue weighted by atomic mass is 14.6. The molecule has 2 aliphatic rings. The topological polar surface area (TPSA) is 0 Å². The number of hydrogen-bond acceptors (Lipinski definition) is 0. The highest BCUT2D eigenvalue weighted by molar-refractivity contribution is 5.18. The molecule has 0 saturated heterocycles. The van der Waals surface area contributed by atoms with Gasteiger partial charge in [-0.15, -0.1) is 0 Å². The Balaban J connectivity index is 2.10. The van der Waals surface area contributed by atoms with E-state index >= 15 is 0 Å². The Morgan fingerprint density at radius 2 is 1.93 bits per heavy atom. The smallest absolute Gasteiger partial charge is 0.0143 e. The molecule has 0 N–H and O–H groups in total. The number of allylic oxidation sites excluding steroid dienone is 4. The zero-order chi connectivity index (χ0) is 10.2. The molecule has 0 aromatic rings. The van der Waals surface area contributed by atoms with E-state index in [4.69, 9.17) is 0 Å². The Kier molecular flexibility index (Phi) is 2.55. The summed E-state index contributed by atoms with van der Waals surface area (Å²) in [6.45, 7) is 7.14. The van der Waals surface area contributed by atoms with Crippen LogP contribution in [0.3, 0.4) is 0 Å². The lowest BCUT2D eigenvalue weighted by molar-refractivity contribution is 0.532. The molecule has 78 valence electrons. The lowest BCUT2D eigenvalue weighted by atomic mass is 10.1. The van der Waals surface area contributed by atoms with Crippen molar-refractivity contribution < 1.29 is 0 Å². The predicted octanol–water partition coefficient (Wildman–Crippen LogP) is 4.34. The highest BCUT2D eigenvalue weighted by Gasteiger charge is 2.55. The van der Waals surface area contributed by atoms with Crippen LogP contribution in [0.2, 0.25) is 0 Å². The van der Waals surface area contributed by atoms with E-state index in [0.29, 0.717) is 5.41 Å². The van der Waals surface area contributed by atoms with Crippen molar-refractivity contribution in [3.05, 3.63) is 23.8 Å². The van der Waals surface area contributed by atoms with Crippen LogP contribution in [0, 0.1) is 17.3 Å². The fourth-order valence-corrected chi connectivity index (χ4v) is 2.88. The SMILES string of the molecule is C/C1=C\[C@@H]2[C@@H](CC/C=C/CC1)C2(C)C. The number of hydrogen-bond donors (Lipinski definition) is 0. The first-order valence-electron chi connectivity index (χ1n) is 5.94. The van der Waals surface area contributed by atoms with Gasteiger partial charge in [0.2, 0.25) is 0 Å². The summed E-state index contributed by atoms with van der Waals surface area (Å²) in [6.07, 6.45) is 12.5. The fourth-order valence-electron chi connectivity index (χ4n) is 2.88. The van der Waals surface area contributed by atoms with Gasteiger partial charge in [0.25, 0.3) is 0 Å². The van der Waals surface area contributed by atoms with Crippen LogP contribution in [0.5, 0.6) is 0 Å². The lowest BCUT2D eigenvalue weighted by Gasteiger charge is -2.01. The van der Waals surface area contributed by atoms with Gasteiger partial charge in [-0.3, -0.25) is 0 Å². The molecule has 2 atom stereocenters. The molecule has 0 heteroatoms. The molecule has 0 amide bonds. The minimum absolute atomic E-state index is 0.583. The van der Waals surface area contributed by atoms with Crippen molar-refractivity contribution in [2.24, 2.45) is 17.3 Å². The maximum absolute atomic E-state index is 2.55. The van der Waals surface area contributed by atoms with Crippen molar-refractivity contribution in [1.82, 2.24) is 0 Å². The molecule has 0 bridgehead atoms. The summed E-state index contributed by atoms with van der Waals surface area (Å²) in [5.41, 5.74) is 2.18. The Labute approximate surface area is 88.1 Å². The largest absolute Gasteiger partial charge is 0.0885 e. The third kappa shape index (κ3) is 1.80. The molecule has 1 saturated carbocycles. The summed E-state index contributed by atoms with van der Waals surface area (Å²) in [5, 5.41) is 0. The van der Waals surface area contributed by atoms with Crippen LogP contribution in [0.4, 0.5) is 0 Å². The Morgan fingerprint density at radius 1 is 1.21 bits per heavy atom. The number of fused-ring (bicyclic) bond motifs is 1. The maximum Gasteiger partial charge on any atom is -0.0143 e. The third-order valence-electron chi connectivity index (χ3n) is 4.12. The summed E-state index contributed by atoms with van der Waals surface area (Å²) < 4.78 is 0. The first-order chi connectivity index (χ1) is 6.62. The summed E-state index contributed by atoms with van der Waals surface area (Å²) in [4.78, 5) is 0. The van der Waals surface area contributed by atoms with Crippen molar-refractivity contribution in [2.75, 3.05) is 0 Å². The van der Waals surface area contributed by atoms with Crippen LogP contribution >= 0.6 is 0 Å². The minimum Gasteiger partial charge on any atom is -0.0885 e. The van der Waals surface area contributed by atoms with Crippen molar-refractivity contribution in [3.8, 4) is 0 Å². The molecule has 0 aliphatic heterocycles. The van der Waals surface area contributed by atoms with Gasteiger partial charge in [-0.05, 0) is 49.9 Å². The molecule has 14 heavy (non-hydrogen) atoms. The van der Waals surface area contributed by atoms with Crippen molar-refractivity contribution in [3.63, 3.8) is 0 Å². The zero-order valence-corrected chi connectivity index (χ0v) is 9.72. The van der Waals surface area contributed by atoms with Crippen LogP contribution in [0.25, 0.3) is 0 Å². The summed E-state index contributed by atoms with van der Waals surface area (Å²) >= 11 is 0. The van der Waals surface area contributed by atoms with Crippen LogP contribution in [0.1, 0.15) is 46.5 Å². The second-order valence-corrected chi connectivity index (χ2v) is 5.55. The first-order valence-corrected chi connectivity index (χ1v) is 5.94. The first kappa shape index (κ1) is 10.0.